The molecule has 0 unspecified atom stereocenters. The number of ether oxygens (including phenoxy) is 1. The molecule has 0 bridgehead atoms. The zero-order chi connectivity index (χ0) is 20.5. The van der Waals surface area contributed by atoms with E-state index in [0.717, 1.165) is 12.0 Å². The summed E-state index contributed by atoms with van der Waals surface area (Å²) in [5.41, 5.74) is 1.62. The lowest BCUT2D eigenvalue weighted by molar-refractivity contribution is -0.130. The minimum atomic E-state index is -0.538. The van der Waals surface area contributed by atoms with Crippen molar-refractivity contribution in [2.75, 3.05) is 13.2 Å². The third kappa shape index (κ3) is 6.33. The maximum absolute atomic E-state index is 12.3. The third-order valence-corrected chi connectivity index (χ3v) is 4.95. The van der Waals surface area contributed by atoms with Crippen molar-refractivity contribution in [1.82, 2.24) is 20.6 Å². The number of pyridine rings is 2. The Morgan fingerprint density at radius 1 is 1.07 bits per heavy atom. The molecule has 154 valence electrons. The van der Waals surface area contributed by atoms with Gasteiger partial charge in [0.1, 0.15) is 6.10 Å². The van der Waals surface area contributed by atoms with Crippen LogP contribution in [0.2, 0.25) is 0 Å². The highest BCUT2D eigenvalue weighted by Gasteiger charge is 2.33. The number of nitrogens with zero attached hydrogens (tertiary/aromatic N) is 2. The molecule has 3 N–H and O–H groups in total. The molecule has 3 heterocycles. The van der Waals surface area contributed by atoms with Crippen LogP contribution in [0.15, 0.2) is 49.1 Å². The lowest BCUT2D eigenvalue weighted by Crippen LogP contribution is -2.51. The maximum atomic E-state index is 12.3. The minimum absolute atomic E-state index is 0.0833. The Hall–Kier alpha value is -2.84. The average molecular weight is 398 g/mol. The molecule has 1 aliphatic heterocycles. The van der Waals surface area contributed by atoms with E-state index in [1.165, 1.54) is 0 Å². The fraction of sp³-hybridized carbons (Fsp3) is 0.429. The monoisotopic (exact) mass is 398 g/mol. The first-order valence-electron chi connectivity index (χ1n) is 9.78. The molecular weight excluding hydrogens is 372 g/mol. The molecule has 3 rings (SSSR count). The van der Waals surface area contributed by atoms with Gasteiger partial charge in [-0.3, -0.25) is 19.6 Å². The van der Waals surface area contributed by atoms with Gasteiger partial charge in [0.25, 0.3) is 5.91 Å². The second-order valence-corrected chi connectivity index (χ2v) is 7.03. The van der Waals surface area contributed by atoms with E-state index >= 15 is 0 Å². The number of hydrogen-bond acceptors (Lipinski definition) is 6. The smallest absolute Gasteiger partial charge is 0.251 e. The molecule has 29 heavy (non-hydrogen) atoms. The highest BCUT2D eigenvalue weighted by molar-refractivity contribution is 5.94. The Morgan fingerprint density at radius 2 is 1.76 bits per heavy atom. The van der Waals surface area contributed by atoms with Crippen LogP contribution in [0.5, 0.6) is 0 Å². The Balaban J connectivity index is 1.42. The summed E-state index contributed by atoms with van der Waals surface area (Å²) in [6.07, 6.45) is 7.99. The molecule has 0 spiro atoms. The van der Waals surface area contributed by atoms with Crippen molar-refractivity contribution in [1.29, 1.82) is 0 Å². The van der Waals surface area contributed by atoms with E-state index in [-0.39, 0.29) is 37.0 Å². The predicted octanol–water partition coefficient (Wildman–Crippen LogP) is 0.864. The molecule has 8 heteroatoms. The number of rotatable bonds is 8. The normalized spacial score (nSPS) is 21.3. The van der Waals surface area contributed by atoms with Crippen LogP contribution in [0, 0.1) is 0 Å². The second-order valence-electron chi connectivity index (χ2n) is 7.03. The van der Waals surface area contributed by atoms with Gasteiger partial charge in [0.2, 0.25) is 5.91 Å². The van der Waals surface area contributed by atoms with Crippen molar-refractivity contribution in [2.45, 2.75) is 43.9 Å². The highest BCUT2D eigenvalue weighted by Crippen LogP contribution is 2.22. The maximum Gasteiger partial charge on any atom is 0.251 e. The van der Waals surface area contributed by atoms with Crippen LogP contribution in [0.4, 0.5) is 0 Å². The van der Waals surface area contributed by atoms with E-state index < -0.39 is 6.10 Å². The van der Waals surface area contributed by atoms with Gasteiger partial charge in [-0.1, -0.05) is 0 Å². The van der Waals surface area contributed by atoms with Crippen LogP contribution in [0.3, 0.4) is 0 Å². The standard InChI is InChI=1S/C21H26N4O4/c26-14-19-18(25-21(28)16-6-10-23-11-7-16)2-1-17(29-19)13-20(27)24-12-5-15-3-8-22-9-4-15/h3-4,6-11,17-19,26H,1-2,5,12-14H2,(H,24,27)(H,25,28)/t17-,18-,19-/m0/s1. The lowest BCUT2D eigenvalue weighted by atomic mass is 9.96. The first kappa shape index (κ1) is 20.9. The summed E-state index contributed by atoms with van der Waals surface area (Å²) in [7, 11) is 0. The van der Waals surface area contributed by atoms with E-state index in [4.69, 9.17) is 4.74 Å². The molecule has 1 fully saturated rings. The molecule has 0 saturated carbocycles. The van der Waals surface area contributed by atoms with Crippen molar-refractivity contribution >= 4 is 11.8 Å². The third-order valence-electron chi connectivity index (χ3n) is 4.95. The summed E-state index contributed by atoms with van der Waals surface area (Å²) >= 11 is 0. The largest absolute Gasteiger partial charge is 0.394 e. The summed E-state index contributed by atoms with van der Waals surface area (Å²) in [5.74, 6) is -0.313. The van der Waals surface area contributed by atoms with Crippen LogP contribution >= 0.6 is 0 Å². The summed E-state index contributed by atoms with van der Waals surface area (Å²) < 4.78 is 5.87. The molecule has 0 aliphatic carbocycles. The van der Waals surface area contributed by atoms with Crippen molar-refractivity contribution in [3.05, 3.63) is 60.2 Å². The first-order chi connectivity index (χ1) is 14.2. The number of aliphatic hydroxyl groups is 1. The van der Waals surface area contributed by atoms with Gasteiger partial charge in [-0.2, -0.15) is 0 Å². The van der Waals surface area contributed by atoms with Gasteiger partial charge in [-0.15, -0.1) is 0 Å². The fourth-order valence-corrected chi connectivity index (χ4v) is 3.38. The van der Waals surface area contributed by atoms with Gasteiger partial charge >= 0.3 is 0 Å². The van der Waals surface area contributed by atoms with Crippen LogP contribution < -0.4 is 10.6 Å². The lowest BCUT2D eigenvalue weighted by Gasteiger charge is -2.36. The SMILES string of the molecule is O=C(C[C@@H]1CC[C@H](NC(=O)c2ccncc2)[C@H](CO)O1)NCCc1ccncc1. The zero-order valence-corrected chi connectivity index (χ0v) is 16.2. The molecule has 2 amide bonds. The molecule has 3 atom stereocenters. The van der Waals surface area contributed by atoms with Gasteiger partial charge in [-0.25, -0.2) is 0 Å². The second kappa shape index (κ2) is 10.6. The van der Waals surface area contributed by atoms with Gasteiger partial charge in [-0.05, 0) is 49.1 Å². The number of nitrogens with one attached hydrogen (secondary N) is 2. The van der Waals surface area contributed by atoms with Gasteiger partial charge in [0, 0.05) is 36.9 Å². The number of aromatic nitrogens is 2. The summed E-state index contributed by atoms with van der Waals surface area (Å²) in [5, 5.41) is 15.5. The van der Waals surface area contributed by atoms with Crippen molar-refractivity contribution in [3.8, 4) is 0 Å². The molecule has 0 aromatic carbocycles. The Morgan fingerprint density at radius 3 is 2.45 bits per heavy atom. The number of hydrogen-bond donors (Lipinski definition) is 3. The van der Waals surface area contributed by atoms with Crippen LogP contribution in [-0.4, -0.2) is 58.3 Å². The summed E-state index contributed by atoms with van der Waals surface area (Å²) in [6, 6.07) is 6.80. The van der Waals surface area contributed by atoms with E-state index in [9.17, 15) is 14.7 Å². The molecule has 0 radical (unpaired) electrons. The minimum Gasteiger partial charge on any atom is -0.394 e. The average Bonchev–Trinajstić information content (AvgIpc) is 2.76. The van der Waals surface area contributed by atoms with Gasteiger partial charge in [0.05, 0.1) is 25.2 Å². The molecular formula is C21H26N4O4. The molecule has 2 aromatic rings. The van der Waals surface area contributed by atoms with Gasteiger partial charge < -0.3 is 20.5 Å². The quantitative estimate of drug-likeness (QED) is 0.608. The highest BCUT2D eigenvalue weighted by atomic mass is 16.5. The Labute approximate surface area is 169 Å². The Bertz CT molecular complexity index is 788. The molecule has 1 aliphatic rings. The number of carbonyl (C=O) groups excluding carboxylic acids is 2. The van der Waals surface area contributed by atoms with Crippen LogP contribution in [-0.2, 0) is 16.0 Å². The summed E-state index contributed by atoms with van der Waals surface area (Å²) in [6.45, 7) is 0.324. The molecule has 8 nitrogen and oxygen atoms in total. The van der Waals surface area contributed by atoms with E-state index in [2.05, 4.69) is 20.6 Å². The predicted molar refractivity (Wildman–Crippen MR) is 106 cm³/mol. The van der Waals surface area contributed by atoms with Crippen LogP contribution in [0.1, 0.15) is 35.2 Å². The Kier molecular flexibility index (Phi) is 7.66. The van der Waals surface area contributed by atoms with E-state index in [0.29, 0.717) is 24.9 Å². The zero-order valence-electron chi connectivity index (χ0n) is 16.2. The molecule has 2 aromatic heterocycles. The van der Waals surface area contributed by atoms with Crippen LogP contribution in [0.25, 0.3) is 0 Å². The van der Waals surface area contributed by atoms with Crippen molar-refractivity contribution in [3.63, 3.8) is 0 Å². The van der Waals surface area contributed by atoms with E-state index in [1.807, 2.05) is 12.1 Å². The number of carbonyl (C=O) groups is 2. The first-order valence-corrected chi connectivity index (χ1v) is 9.78. The topological polar surface area (TPSA) is 113 Å². The van der Waals surface area contributed by atoms with E-state index in [1.54, 1.807) is 36.9 Å². The molecule has 1 saturated heterocycles. The summed E-state index contributed by atoms with van der Waals surface area (Å²) in [4.78, 5) is 32.4. The fourth-order valence-electron chi connectivity index (χ4n) is 3.38. The number of amides is 2. The van der Waals surface area contributed by atoms with Gasteiger partial charge in [0.15, 0.2) is 0 Å². The number of aliphatic hydroxyl groups excluding tert-OH is 1. The van der Waals surface area contributed by atoms with Crippen molar-refractivity contribution in [2.24, 2.45) is 0 Å². The van der Waals surface area contributed by atoms with Crippen molar-refractivity contribution < 1.29 is 19.4 Å².